The first-order valence-electron chi connectivity index (χ1n) is 30.9. The lowest BCUT2D eigenvalue weighted by Crippen LogP contribution is -2.63. The van der Waals surface area contributed by atoms with Crippen LogP contribution in [0.1, 0.15) is 145 Å². The maximum atomic E-state index is 14.5. The molecular weight excluding hydrogens is 1140 g/mol. The van der Waals surface area contributed by atoms with Crippen LogP contribution in [0.5, 0.6) is 0 Å². The van der Waals surface area contributed by atoms with Gasteiger partial charge in [0.2, 0.25) is 65.0 Å². The number of amides is 11. The topological polar surface area (TPSA) is 445 Å². The molecule has 0 aliphatic carbocycles. The van der Waals surface area contributed by atoms with Gasteiger partial charge in [0.25, 0.3) is 0 Å². The number of carbonyl (C=O) groups is 12. The van der Waals surface area contributed by atoms with Gasteiger partial charge in [-0.2, -0.15) is 0 Å². The average Bonchev–Trinajstić information content (AvgIpc) is 3.56. The van der Waals surface area contributed by atoms with Crippen LogP contribution in [0.2, 0.25) is 0 Å². The number of benzene rings is 1. The zero-order valence-corrected chi connectivity index (χ0v) is 53.2. The van der Waals surface area contributed by atoms with Crippen LogP contribution in [-0.2, 0) is 68.7 Å². The third kappa shape index (κ3) is 24.7. The predicted octanol–water partition coefficient (Wildman–Crippen LogP) is -2.06. The number of ether oxygens (including phenoxy) is 1. The van der Waals surface area contributed by atoms with Gasteiger partial charge in [-0.3, -0.25) is 52.7 Å². The van der Waals surface area contributed by atoms with E-state index in [1.54, 1.807) is 55.5 Å². The molecule has 0 radical (unpaired) electrons. The van der Waals surface area contributed by atoms with E-state index in [0.29, 0.717) is 44.9 Å². The van der Waals surface area contributed by atoms with Crippen molar-refractivity contribution in [3.8, 4) is 0 Å². The number of likely N-dealkylation sites (N-methyl/N-ethyl adjacent to an activating group) is 1. The minimum absolute atomic E-state index is 0.0601. The summed E-state index contributed by atoms with van der Waals surface area (Å²) >= 11 is 0. The highest BCUT2D eigenvalue weighted by Crippen LogP contribution is 2.18. The van der Waals surface area contributed by atoms with Crippen LogP contribution < -0.4 is 75.7 Å². The molecule has 496 valence electrons. The summed E-state index contributed by atoms with van der Waals surface area (Å²) in [6.45, 7) is 15.8. The molecule has 1 aromatic carbocycles. The monoisotopic (exact) mass is 1240 g/mol. The summed E-state index contributed by atoms with van der Waals surface area (Å²) in [5.74, 6) is -12.2. The average molecular weight is 1240 g/mol. The molecule has 1 aromatic rings. The number of aliphatic hydroxyl groups excluding tert-OH is 1. The molecule has 88 heavy (non-hydrogen) atoms. The lowest BCUT2D eigenvalue weighted by Gasteiger charge is -2.31. The minimum Gasteiger partial charge on any atom is -0.458 e. The number of unbranched alkanes of at least 4 members (excludes halogenated alkanes) is 1. The third-order valence-electron chi connectivity index (χ3n) is 16.2. The molecule has 1 aliphatic heterocycles. The highest BCUT2D eigenvalue weighted by atomic mass is 16.5. The Balaban J connectivity index is 2.46. The molecule has 1 heterocycles. The van der Waals surface area contributed by atoms with Gasteiger partial charge in [0.05, 0.1) is 12.6 Å². The van der Waals surface area contributed by atoms with E-state index in [0.717, 1.165) is 5.56 Å². The highest BCUT2D eigenvalue weighted by molar-refractivity contribution is 5.99. The maximum absolute atomic E-state index is 14.5. The first kappa shape index (κ1) is 76.8. The van der Waals surface area contributed by atoms with Crippen molar-refractivity contribution in [2.45, 2.75) is 219 Å². The van der Waals surface area contributed by atoms with Crippen LogP contribution in [0.3, 0.4) is 0 Å². The lowest BCUT2D eigenvalue weighted by atomic mass is 9.94. The number of cyclic esters (lactones) is 1. The molecule has 28 nitrogen and oxygen atoms in total. The molecule has 16 atom stereocenters. The summed E-state index contributed by atoms with van der Waals surface area (Å²) < 4.78 is 5.71. The van der Waals surface area contributed by atoms with E-state index >= 15 is 0 Å². The lowest BCUT2D eigenvalue weighted by molar-refractivity contribution is -0.157. The van der Waals surface area contributed by atoms with Gasteiger partial charge in [0, 0.05) is 6.42 Å². The van der Waals surface area contributed by atoms with E-state index in [-0.39, 0.29) is 38.8 Å². The fourth-order valence-corrected chi connectivity index (χ4v) is 9.49. The highest BCUT2D eigenvalue weighted by Gasteiger charge is 2.41. The van der Waals surface area contributed by atoms with Gasteiger partial charge in [-0.05, 0) is 108 Å². The van der Waals surface area contributed by atoms with Crippen LogP contribution in [0.25, 0.3) is 0 Å². The van der Waals surface area contributed by atoms with Crippen LogP contribution in [0.15, 0.2) is 30.3 Å². The van der Waals surface area contributed by atoms with Crippen molar-refractivity contribution in [1.29, 1.82) is 0 Å². The number of primary amides is 1. The van der Waals surface area contributed by atoms with E-state index in [1.165, 1.54) is 13.8 Å². The molecule has 11 amide bonds. The summed E-state index contributed by atoms with van der Waals surface area (Å²) in [5, 5.41) is 39.8. The SMILES string of the molecule is CC[C@H](C)[C@H](NC(=O)[C@@H](Cc1ccccc1)NC)C(=O)N[C@@H](CCCCN)C(=O)N[C@H](CCC(N)=O)C(=O)N[C@@H](C(=O)N[C@H](C(=O)N[C@@H](CO)C(=O)N[C@H]1C(=O)N[C@@H](C)C(=O)N[C@@H](CCCN)C(=O)N[C@@H]([C@@H](C)CC)C(=O)O[C@H]1C)[C@@H](C)CC)[C@@H](C)CC. The molecular formula is C60H102N14O14. The normalized spacial score (nSPS) is 21.1. The number of nitrogens with one attached hydrogen (secondary N) is 11. The number of esters is 1. The molecule has 0 spiro atoms. The van der Waals surface area contributed by atoms with E-state index in [9.17, 15) is 62.6 Å². The smallest absolute Gasteiger partial charge is 0.329 e. The van der Waals surface area contributed by atoms with Crippen molar-refractivity contribution in [2.24, 2.45) is 40.9 Å². The number of aliphatic hydroxyl groups is 1. The third-order valence-corrected chi connectivity index (χ3v) is 16.2. The summed E-state index contributed by atoms with van der Waals surface area (Å²) in [6, 6.07) is -5.31. The molecule has 1 fully saturated rings. The maximum Gasteiger partial charge on any atom is 0.329 e. The molecule has 18 N–H and O–H groups in total. The molecule has 0 aromatic heterocycles. The van der Waals surface area contributed by atoms with Crippen LogP contribution in [-0.4, -0.2) is 175 Å². The Morgan fingerprint density at radius 2 is 1.07 bits per heavy atom. The van der Waals surface area contributed by atoms with E-state index < -0.39 is 180 Å². The van der Waals surface area contributed by atoms with Crippen molar-refractivity contribution in [3.05, 3.63) is 35.9 Å². The number of nitrogens with two attached hydrogens (primary N) is 3. The van der Waals surface area contributed by atoms with Gasteiger partial charge in [-0.25, -0.2) is 4.79 Å². The Morgan fingerprint density at radius 3 is 1.57 bits per heavy atom. The van der Waals surface area contributed by atoms with Gasteiger partial charge in [-0.1, -0.05) is 111 Å². The van der Waals surface area contributed by atoms with E-state index in [1.807, 2.05) is 37.3 Å². The first-order chi connectivity index (χ1) is 41.7. The predicted molar refractivity (Wildman–Crippen MR) is 328 cm³/mol. The minimum atomic E-state index is -1.80. The quantitative estimate of drug-likeness (QED) is 0.0254. The molecule has 1 saturated heterocycles. The van der Waals surface area contributed by atoms with Crippen molar-refractivity contribution >= 4 is 70.9 Å². The Kier molecular flexibility index (Phi) is 34.5. The van der Waals surface area contributed by atoms with Crippen molar-refractivity contribution in [3.63, 3.8) is 0 Å². The molecule has 0 saturated carbocycles. The second kappa shape index (κ2) is 39.6. The van der Waals surface area contributed by atoms with Crippen molar-refractivity contribution in [1.82, 2.24) is 58.5 Å². The van der Waals surface area contributed by atoms with Crippen molar-refractivity contribution in [2.75, 3.05) is 26.7 Å². The van der Waals surface area contributed by atoms with E-state index in [4.69, 9.17) is 21.9 Å². The Labute approximate surface area is 517 Å². The van der Waals surface area contributed by atoms with E-state index in [2.05, 4.69) is 58.5 Å². The molecule has 1 aliphatic rings. The summed E-state index contributed by atoms with van der Waals surface area (Å²) in [5.41, 5.74) is 17.9. The van der Waals surface area contributed by atoms with Gasteiger partial charge >= 0.3 is 5.97 Å². The Bertz CT molecular complexity index is 2470. The van der Waals surface area contributed by atoms with Gasteiger partial charge in [-0.15, -0.1) is 0 Å². The molecule has 2 rings (SSSR count). The summed E-state index contributed by atoms with van der Waals surface area (Å²) in [7, 11) is 1.63. The number of rotatable bonds is 36. The van der Waals surface area contributed by atoms with Crippen molar-refractivity contribution < 1.29 is 67.4 Å². The van der Waals surface area contributed by atoms with Crippen LogP contribution in [0, 0.1) is 23.7 Å². The standard InChI is InChI=1S/C60H102N14O14/c1-12-32(5)45(71-54(81)42(64-11)30-38-22-17-16-18-23-38)56(83)68-39(24-19-20-28-61)51(78)67-41(26-27-44(63)76)53(80)70-47(34(7)14-3)58(85)72-46(33(6)13-2)57(84)69-43(31-75)55(82)74-49-37(10)88-60(87)48(35(8)15-4)73-52(79)40(25-21-29-62)66-50(77)36(9)65-59(49)86/h16-18,22-23,32-37,39-43,45-49,64,75H,12-15,19-21,24-31,61-62H2,1-11H3,(H2,63,76)(H,65,86)(H,66,77)(H,67,78)(H,68,83)(H,69,84)(H,70,80)(H,71,81)(H,72,85)(H,73,79)(H,74,82)/t32-,33-,34-,35-,36-,37-,39-,40-,41+,42+,43-,45-,46-,47+,48-,49+/m0/s1. The zero-order chi connectivity index (χ0) is 66.4. The zero-order valence-electron chi connectivity index (χ0n) is 53.2. The molecule has 28 heteroatoms. The van der Waals surface area contributed by atoms with Crippen LogP contribution in [0.4, 0.5) is 0 Å². The second-order valence-electron chi connectivity index (χ2n) is 23.0. The van der Waals surface area contributed by atoms with Gasteiger partial charge < -0.3 is 85.5 Å². The molecule has 0 bridgehead atoms. The second-order valence-corrected chi connectivity index (χ2v) is 23.0. The largest absolute Gasteiger partial charge is 0.458 e. The number of hydrogen-bond acceptors (Lipinski definition) is 17. The Hall–Kier alpha value is -7.30. The first-order valence-corrected chi connectivity index (χ1v) is 30.9. The number of hydrogen-bond donors (Lipinski definition) is 15. The van der Waals surface area contributed by atoms with Crippen LogP contribution >= 0.6 is 0 Å². The molecule has 0 unspecified atom stereocenters. The van der Waals surface area contributed by atoms with Gasteiger partial charge in [0.1, 0.15) is 66.5 Å². The van der Waals surface area contributed by atoms with Gasteiger partial charge in [0.15, 0.2) is 0 Å². The fourth-order valence-electron chi connectivity index (χ4n) is 9.49. The number of carbonyl (C=O) groups excluding carboxylic acids is 12. The summed E-state index contributed by atoms with van der Waals surface area (Å²) in [4.78, 5) is 166. The fraction of sp³-hybridized carbons (Fsp3) is 0.700. The Morgan fingerprint density at radius 1 is 0.580 bits per heavy atom. The summed E-state index contributed by atoms with van der Waals surface area (Å²) in [6.07, 6.45) is 0.906.